The zero-order chi connectivity index (χ0) is 42.0. The molecule has 0 radical (unpaired) electrons. The zero-order valence-electron chi connectivity index (χ0n) is 34.9. The smallest absolute Gasteiger partial charge is 0.146 e. The van der Waals surface area contributed by atoms with Gasteiger partial charge in [0.25, 0.3) is 0 Å². The van der Waals surface area contributed by atoms with Crippen molar-refractivity contribution in [2.24, 2.45) is 10.9 Å². The summed E-state index contributed by atoms with van der Waals surface area (Å²) in [5.74, 6) is 0.954. The SMILES string of the molecule is CCC1C(c2ccc3c(c2)sc2ccccc23)N=C(c2cc(-n3c4ccccc4c4cc5ccccc5cc43)cc3c2oc2ccccc23)NC1c1ccc2c(c1)oc1ccccc12. The lowest BCUT2D eigenvalue weighted by atomic mass is 9.80. The first-order chi connectivity index (χ1) is 31.6. The molecule has 5 heterocycles. The quantitative estimate of drug-likeness (QED) is 0.188. The second kappa shape index (κ2) is 13.7. The van der Waals surface area contributed by atoms with Gasteiger partial charge in [0.2, 0.25) is 0 Å². The number of hydrogen-bond acceptors (Lipinski definition) is 5. The number of thiophene rings is 1. The largest absolute Gasteiger partial charge is 0.456 e. The van der Waals surface area contributed by atoms with E-state index in [2.05, 4.69) is 193 Å². The predicted octanol–water partition coefficient (Wildman–Crippen LogP) is 16.0. The van der Waals surface area contributed by atoms with Crippen molar-refractivity contribution < 1.29 is 8.83 Å². The Labute approximate surface area is 371 Å². The molecule has 4 aromatic heterocycles. The van der Waals surface area contributed by atoms with Gasteiger partial charge in [0.15, 0.2) is 0 Å². The van der Waals surface area contributed by atoms with Crippen LogP contribution < -0.4 is 5.32 Å². The Morgan fingerprint density at radius 1 is 0.516 bits per heavy atom. The maximum absolute atomic E-state index is 6.92. The predicted molar refractivity (Wildman–Crippen MR) is 268 cm³/mol. The molecule has 0 amide bonds. The van der Waals surface area contributed by atoms with Crippen molar-refractivity contribution in [3.8, 4) is 5.69 Å². The van der Waals surface area contributed by atoms with Crippen LogP contribution in [0.15, 0.2) is 196 Å². The van der Waals surface area contributed by atoms with Crippen LogP contribution in [-0.4, -0.2) is 10.4 Å². The Bertz CT molecular complexity index is 4090. The summed E-state index contributed by atoms with van der Waals surface area (Å²) in [5, 5.41) is 16.0. The summed E-state index contributed by atoms with van der Waals surface area (Å²) < 4.78 is 18.5. The number of rotatable bonds is 5. The standard InChI is InChI=1S/C58H39N3O2S/c1-2-38-55(35-23-25-42-40-16-6-10-20-50(40)62-52(42)29-35)59-58(60-56(38)36-24-26-44-43-18-8-12-22-53(43)64-54(44)30-36)47-32-37(31-46-41-17-7-11-21-51(41)63-57(46)47)61-48-19-9-5-15-39(48)45-27-33-13-3-4-14-34(33)28-49(45)61/h3-32,38,55-56H,2H2,1H3,(H,59,60). The van der Waals surface area contributed by atoms with Gasteiger partial charge in [-0.05, 0) is 89.0 Å². The van der Waals surface area contributed by atoms with E-state index in [1.165, 1.54) is 52.8 Å². The topological polar surface area (TPSA) is 55.6 Å². The monoisotopic (exact) mass is 841 g/mol. The fraction of sp³-hybridized carbons (Fsp3) is 0.0862. The molecule has 9 aromatic carbocycles. The number of nitrogens with one attached hydrogen (secondary N) is 1. The third kappa shape index (κ3) is 5.26. The van der Waals surface area contributed by atoms with E-state index >= 15 is 0 Å². The van der Waals surface area contributed by atoms with Crippen LogP contribution in [-0.2, 0) is 0 Å². The number of fused-ring (bicyclic) bond motifs is 13. The van der Waals surface area contributed by atoms with Crippen LogP contribution in [0.5, 0.6) is 0 Å². The minimum atomic E-state index is -0.144. The summed E-state index contributed by atoms with van der Waals surface area (Å²) in [7, 11) is 0. The maximum Gasteiger partial charge on any atom is 0.146 e. The lowest BCUT2D eigenvalue weighted by Gasteiger charge is -2.38. The Balaban J connectivity index is 1.03. The highest BCUT2D eigenvalue weighted by Crippen LogP contribution is 2.46. The van der Waals surface area contributed by atoms with E-state index < -0.39 is 0 Å². The molecule has 0 spiro atoms. The van der Waals surface area contributed by atoms with Crippen LogP contribution in [0, 0.1) is 5.92 Å². The Kier molecular flexibility index (Phi) is 7.66. The van der Waals surface area contributed by atoms with Gasteiger partial charge in [-0.3, -0.25) is 4.99 Å². The Morgan fingerprint density at radius 2 is 1.17 bits per heavy atom. The fourth-order valence-electron chi connectivity index (χ4n) is 10.9. The van der Waals surface area contributed by atoms with Crippen LogP contribution in [0.25, 0.3) is 102 Å². The number of para-hydroxylation sites is 3. The number of aliphatic imine (C=N–C) groups is 1. The number of nitrogens with zero attached hydrogens (tertiary/aromatic N) is 2. The van der Waals surface area contributed by atoms with E-state index in [1.807, 2.05) is 17.4 Å². The summed E-state index contributed by atoms with van der Waals surface area (Å²) in [4.78, 5) is 5.83. The molecule has 3 atom stereocenters. The van der Waals surface area contributed by atoms with Crippen molar-refractivity contribution in [3.05, 3.63) is 199 Å². The summed E-state index contributed by atoms with van der Waals surface area (Å²) in [5.41, 5.74) is 10.2. The second-order valence-electron chi connectivity index (χ2n) is 17.4. The highest BCUT2D eigenvalue weighted by atomic mass is 32.1. The summed E-state index contributed by atoms with van der Waals surface area (Å²) in [6.45, 7) is 2.30. The molecular weight excluding hydrogens is 803 g/mol. The molecule has 0 fully saturated rings. The highest BCUT2D eigenvalue weighted by molar-refractivity contribution is 7.25. The van der Waals surface area contributed by atoms with E-state index in [9.17, 15) is 0 Å². The van der Waals surface area contributed by atoms with Crippen molar-refractivity contribution in [1.82, 2.24) is 9.88 Å². The number of furan rings is 2. The molecule has 1 aliphatic rings. The van der Waals surface area contributed by atoms with Crippen LogP contribution >= 0.6 is 11.3 Å². The molecule has 0 aliphatic carbocycles. The molecule has 1 aliphatic heterocycles. The van der Waals surface area contributed by atoms with E-state index in [1.54, 1.807) is 0 Å². The maximum atomic E-state index is 6.92. The van der Waals surface area contributed by atoms with Gasteiger partial charge in [-0.15, -0.1) is 11.3 Å². The molecule has 5 nitrogen and oxygen atoms in total. The molecule has 0 saturated carbocycles. The highest BCUT2D eigenvalue weighted by Gasteiger charge is 2.37. The van der Waals surface area contributed by atoms with Gasteiger partial charge < -0.3 is 18.7 Å². The van der Waals surface area contributed by atoms with Crippen LogP contribution in [0.2, 0.25) is 0 Å². The minimum Gasteiger partial charge on any atom is -0.456 e. The number of amidine groups is 1. The molecule has 304 valence electrons. The van der Waals surface area contributed by atoms with Gasteiger partial charge in [0.05, 0.1) is 28.7 Å². The Hall–Kier alpha value is -7.67. The second-order valence-corrected chi connectivity index (χ2v) is 18.4. The first-order valence-electron chi connectivity index (χ1n) is 22.2. The molecular formula is C58H39N3O2S. The molecule has 13 aromatic rings. The third-order valence-corrected chi connectivity index (χ3v) is 15.0. The fourth-order valence-corrected chi connectivity index (χ4v) is 12.0. The normalized spacial score (nSPS) is 17.0. The van der Waals surface area contributed by atoms with Crippen molar-refractivity contribution in [2.45, 2.75) is 25.4 Å². The summed E-state index contributed by atoms with van der Waals surface area (Å²) >= 11 is 1.86. The van der Waals surface area contributed by atoms with E-state index in [0.717, 1.165) is 78.4 Å². The van der Waals surface area contributed by atoms with Crippen molar-refractivity contribution in [2.75, 3.05) is 0 Å². The van der Waals surface area contributed by atoms with Crippen LogP contribution in [0.3, 0.4) is 0 Å². The van der Waals surface area contributed by atoms with Gasteiger partial charge in [0, 0.05) is 64.1 Å². The number of benzene rings is 9. The van der Waals surface area contributed by atoms with Gasteiger partial charge >= 0.3 is 0 Å². The van der Waals surface area contributed by atoms with Crippen LogP contribution in [0.1, 0.15) is 42.1 Å². The van der Waals surface area contributed by atoms with E-state index in [0.29, 0.717) is 0 Å². The van der Waals surface area contributed by atoms with Gasteiger partial charge in [-0.2, -0.15) is 0 Å². The average molecular weight is 842 g/mol. The molecule has 64 heavy (non-hydrogen) atoms. The van der Waals surface area contributed by atoms with Crippen molar-refractivity contribution in [1.29, 1.82) is 0 Å². The van der Waals surface area contributed by atoms with Gasteiger partial charge in [-0.25, -0.2) is 0 Å². The van der Waals surface area contributed by atoms with Gasteiger partial charge in [0.1, 0.15) is 28.2 Å². The molecule has 14 rings (SSSR count). The number of aromatic nitrogens is 1. The first kappa shape index (κ1) is 35.9. The summed E-state index contributed by atoms with van der Waals surface area (Å²) in [6.07, 6.45) is 0.914. The lowest BCUT2D eigenvalue weighted by molar-refractivity contribution is 0.311. The van der Waals surface area contributed by atoms with Crippen molar-refractivity contribution >= 4 is 114 Å². The molecule has 1 N–H and O–H groups in total. The van der Waals surface area contributed by atoms with Crippen molar-refractivity contribution in [3.63, 3.8) is 0 Å². The van der Waals surface area contributed by atoms with E-state index in [4.69, 9.17) is 13.8 Å². The average Bonchev–Trinajstić information content (AvgIpc) is 4.11. The lowest BCUT2D eigenvalue weighted by Crippen LogP contribution is -2.41. The van der Waals surface area contributed by atoms with Gasteiger partial charge in [-0.1, -0.05) is 128 Å². The zero-order valence-corrected chi connectivity index (χ0v) is 35.7. The number of hydrogen-bond donors (Lipinski definition) is 1. The third-order valence-electron chi connectivity index (χ3n) is 13.9. The summed E-state index contributed by atoms with van der Waals surface area (Å²) in [6, 6.07) is 65.7. The first-order valence-corrected chi connectivity index (χ1v) is 23.0. The van der Waals surface area contributed by atoms with Crippen LogP contribution in [0.4, 0.5) is 0 Å². The Morgan fingerprint density at radius 3 is 2.02 bits per heavy atom. The minimum absolute atomic E-state index is 0.0825. The molecule has 0 bridgehead atoms. The molecule has 6 heteroatoms. The molecule has 0 saturated heterocycles. The van der Waals surface area contributed by atoms with E-state index in [-0.39, 0.29) is 18.0 Å². The molecule has 3 unspecified atom stereocenters.